The Morgan fingerprint density at radius 2 is 1.10 bits per heavy atom. The molecule has 7 aromatic carbocycles. The van der Waals surface area contributed by atoms with Gasteiger partial charge in [0, 0.05) is 33.4 Å². The van der Waals surface area contributed by atoms with Crippen LogP contribution in [0.25, 0.3) is 55.6 Å². The molecule has 0 amide bonds. The van der Waals surface area contributed by atoms with E-state index in [4.69, 9.17) is 4.98 Å². The lowest BCUT2D eigenvalue weighted by Crippen LogP contribution is -2.14. The predicted molar refractivity (Wildman–Crippen MR) is 250 cm³/mol. The molecule has 0 saturated carbocycles. The average molecular weight is 822 g/mol. The molecule has 9 rings (SSSR count). The van der Waals surface area contributed by atoms with Crippen LogP contribution in [-0.4, -0.2) is 14.1 Å². The minimum atomic E-state index is -0.00594. The summed E-state index contributed by atoms with van der Waals surface area (Å²) in [5, 5.41) is 2.49. The Labute approximate surface area is 350 Å². The summed E-state index contributed by atoms with van der Waals surface area (Å²) in [6, 6.07) is 55.3. The zero-order chi connectivity index (χ0) is 40.5. The third-order valence-electron chi connectivity index (χ3n) is 11.6. The number of aryl methyl sites for hydroxylation is 2. The van der Waals surface area contributed by atoms with Gasteiger partial charge >= 0.3 is 0 Å². The molecule has 2 aromatic heterocycles. The van der Waals surface area contributed by atoms with Gasteiger partial charge < -0.3 is 9.47 Å². The number of nitrogens with zero attached hydrogens (tertiary/aromatic N) is 4. The number of benzene rings is 7. The molecule has 0 bridgehead atoms. The maximum Gasteiger partial charge on any atom is 0.146 e. The molecule has 0 unspecified atom stereocenters. The van der Waals surface area contributed by atoms with E-state index in [1.54, 1.807) is 0 Å². The first-order valence-corrected chi connectivity index (χ1v) is 21.0. The van der Waals surface area contributed by atoms with Gasteiger partial charge in [0.1, 0.15) is 5.82 Å². The van der Waals surface area contributed by atoms with E-state index in [1.165, 1.54) is 44.1 Å². The van der Waals surface area contributed by atoms with Crippen molar-refractivity contribution in [2.45, 2.75) is 66.2 Å². The van der Waals surface area contributed by atoms with Crippen molar-refractivity contribution in [3.8, 4) is 22.8 Å². The largest absolute Gasteiger partial charge is 0.309 e. The summed E-state index contributed by atoms with van der Waals surface area (Å²) in [7, 11) is 0. The number of para-hydroxylation sites is 2. The number of imidazole rings is 1. The molecular formula is C53H49BrN4. The fourth-order valence-corrected chi connectivity index (χ4v) is 9.11. The van der Waals surface area contributed by atoms with Gasteiger partial charge in [-0.1, -0.05) is 126 Å². The number of fused-ring (bicyclic) bond motifs is 4. The Bertz CT molecular complexity index is 2930. The molecule has 5 heteroatoms. The van der Waals surface area contributed by atoms with E-state index in [1.807, 2.05) is 0 Å². The topological polar surface area (TPSA) is 26.0 Å². The van der Waals surface area contributed by atoms with Crippen molar-refractivity contribution in [3.63, 3.8) is 0 Å². The predicted octanol–water partition coefficient (Wildman–Crippen LogP) is 15.2. The minimum absolute atomic E-state index is 0.00594. The molecule has 58 heavy (non-hydrogen) atoms. The Hall–Kier alpha value is -5.91. The number of hydrogen-bond acceptors (Lipinski definition) is 2. The molecule has 0 radical (unpaired) electrons. The fraction of sp³-hybridized carbons (Fsp3) is 0.189. The summed E-state index contributed by atoms with van der Waals surface area (Å²) in [6.45, 7) is 18.0. The average Bonchev–Trinajstić information content (AvgIpc) is 3.74. The van der Waals surface area contributed by atoms with Gasteiger partial charge in [0.2, 0.25) is 0 Å². The van der Waals surface area contributed by atoms with Crippen molar-refractivity contribution in [3.05, 3.63) is 178 Å². The molecular weight excluding hydrogens is 773 g/mol. The van der Waals surface area contributed by atoms with Crippen LogP contribution in [0.1, 0.15) is 63.8 Å². The summed E-state index contributed by atoms with van der Waals surface area (Å²) in [6.07, 6.45) is 0. The maximum absolute atomic E-state index is 5.44. The molecule has 0 N–H and O–H groups in total. The highest BCUT2D eigenvalue weighted by molar-refractivity contribution is 9.10. The first kappa shape index (κ1) is 37.7. The Kier molecular flexibility index (Phi) is 9.20. The summed E-state index contributed by atoms with van der Waals surface area (Å²) < 4.78 is 5.71. The molecule has 2 heterocycles. The van der Waals surface area contributed by atoms with Gasteiger partial charge in [-0.15, -0.1) is 0 Å². The fourth-order valence-electron chi connectivity index (χ4n) is 8.49. The van der Waals surface area contributed by atoms with Gasteiger partial charge in [-0.05, 0) is 130 Å². The molecule has 0 atom stereocenters. The summed E-state index contributed by atoms with van der Waals surface area (Å²) in [4.78, 5) is 7.82. The number of anilines is 3. The molecule has 288 valence electrons. The van der Waals surface area contributed by atoms with Gasteiger partial charge in [-0.25, -0.2) is 4.98 Å². The van der Waals surface area contributed by atoms with Crippen LogP contribution in [-0.2, 0) is 10.8 Å². The van der Waals surface area contributed by atoms with Gasteiger partial charge in [-0.2, -0.15) is 0 Å². The zero-order valence-corrected chi connectivity index (χ0v) is 36.2. The van der Waals surface area contributed by atoms with Gasteiger partial charge in [0.25, 0.3) is 0 Å². The SMILES string of the molecule is Cc1cccc(C)c1-c1nc2cc(C(C)(C)C)ccc2n1-c1cccc(N(c2ccc(C(C)(C)C)cc2)c2cccc(-n3c4ccccc4c4ccccc43)c2)c1Br. The van der Waals surface area contributed by atoms with Crippen LogP contribution in [0.5, 0.6) is 0 Å². The van der Waals surface area contributed by atoms with Crippen LogP contribution < -0.4 is 4.90 Å². The second kappa shape index (κ2) is 14.2. The van der Waals surface area contributed by atoms with Crippen LogP contribution in [0.3, 0.4) is 0 Å². The zero-order valence-electron chi connectivity index (χ0n) is 34.6. The molecule has 0 saturated heterocycles. The van der Waals surface area contributed by atoms with E-state index < -0.39 is 0 Å². The lowest BCUT2D eigenvalue weighted by molar-refractivity contribution is 0.590. The first-order chi connectivity index (χ1) is 27.8. The standard InChI is InChI=1S/C53H49BrN4/c1-34-16-13-17-35(2)49(34)51-55-43-32-37(53(6,7)8)28-31-46(43)58(51)48-25-15-24-47(50(48)54)56(38-29-26-36(27-30-38)52(3,4)5)39-18-14-19-40(33-39)57-44-22-11-9-20-41(44)42-21-10-12-23-45(42)57/h9-33H,1-8H3. The molecule has 0 fully saturated rings. The third-order valence-corrected chi connectivity index (χ3v) is 12.4. The number of halogens is 1. The number of hydrogen-bond donors (Lipinski definition) is 0. The Morgan fingerprint density at radius 3 is 1.74 bits per heavy atom. The van der Waals surface area contributed by atoms with Crippen LogP contribution in [0.4, 0.5) is 17.1 Å². The molecule has 0 aliphatic carbocycles. The highest BCUT2D eigenvalue weighted by atomic mass is 79.9. The normalized spacial score (nSPS) is 12.2. The monoisotopic (exact) mass is 820 g/mol. The van der Waals surface area contributed by atoms with Gasteiger partial charge in [-0.3, -0.25) is 4.57 Å². The highest BCUT2D eigenvalue weighted by Gasteiger charge is 2.25. The quantitative estimate of drug-likeness (QED) is 0.167. The second-order valence-electron chi connectivity index (χ2n) is 17.6. The highest BCUT2D eigenvalue weighted by Crippen LogP contribution is 2.45. The lowest BCUT2D eigenvalue weighted by atomic mass is 9.87. The van der Waals surface area contributed by atoms with Crippen LogP contribution >= 0.6 is 15.9 Å². The lowest BCUT2D eigenvalue weighted by Gasteiger charge is -2.29. The van der Waals surface area contributed by atoms with E-state index in [0.717, 1.165) is 55.3 Å². The van der Waals surface area contributed by atoms with E-state index in [2.05, 4.69) is 237 Å². The maximum atomic E-state index is 5.44. The second-order valence-corrected chi connectivity index (χ2v) is 18.4. The third kappa shape index (κ3) is 6.42. The van der Waals surface area contributed by atoms with E-state index in [9.17, 15) is 0 Å². The van der Waals surface area contributed by atoms with E-state index >= 15 is 0 Å². The minimum Gasteiger partial charge on any atom is -0.309 e. The van der Waals surface area contributed by atoms with Crippen LogP contribution in [0.15, 0.2) is 156 Å². The van der Waals surface area contributed by atoms with Crippen molar-refractivity contribution in [1.29, 1.82) is 0 Å². The first-order valence-electron chi connectivity index (χ1n) is 20.2. The molecule has 0 spiro atoms. The molecule has 9 aromatic rings. The van der Waals surface area contributed by atoms with E-state index in [-0.39, 0.29) is 10.8 Å². The smallest absolute Gasteiger partial charge is 0.146 e. The van der Waals surface area contributed by atoms with Crippen LogP contribution in [0.2, 0.25) is 0 Å². The van der Waals surface area contributed by atoms with E-state index in [0.29, 0.717) is 0 Å². The van der Waals surface area contributed by atoms with Crippen molar-refractivity contribution in [1.82, 2.24) is 14.1 Å². The summed E-state index contributed by atoms with van der Waals surface area (Å²) in [5.41, 5.74) is 15.8. The number of aromatic nitrogens is 3. The van der Waals surface area contributed by atoms with Crippen molar-refractivity contribution >= 4 is 65.8 Å². The van der Waals surface area contributed by atoms with Crippen molar-refractivity contribution in [2.75, 3.05) is 4.90 Å². The van der Waals surface area contributed by atoms with Gasteiger partial charge in [0.15, 0.2) is 0 Å². The van der Waals surface area contributed by atoms with Crippen molar-refractivity contribution in [2.24, 2.45) is 0 Å². The molecule has 4 nitrogen and oxygen atoms in total. The Balaban J connectivity index is 1.29. The molecule has 0 aliphatic rings. The molecule has 0 aliphatic heterocycles. The van der Waals surface area contributed by atoms with Gasteiger partial charge in [0.05, 0.1) is 37.9 Å². The summed E-state index contributed by atoms with van der Waals surface area (Å²) in [5.74, 6) is 0.934. The van der Waals surface area contributed by atoms with Crippen LogP contribution in [0, 0.1) is 13.8 Å². The number of rotatable bonds is 6. The Morgan fingerprint density at radius 1 is 0.517 bits per heavy atom. The summed E-state index contributed by atoms with van der Waals surface area (Å²) >= 11 is 4.25. The van der Waals surface area contributed by atoms with Crippen molar-refractivity contribution < 1.29 is 0 Å².